The van der Waals surface area contributed by atoms with Crippen LogP contribution in [0.5, 0.6) is 17.2 Å². The number of hydrogen-bond acceptors (Lipinski definition) is 4. The van der Waals surface area contributed by atoms with Crippen molar-refractivity contribution in [3.05, 3.63) is 53.1 Å². The molecule has 0 aliphatic rings. The number of phenolic OH excluding ortho intramolecular Hbond substituents is 2. The van der Waals surface area contributed by atoms with E-state index in [9.17, 15) is 15.0 Å². The van der Waals surface area contributed by atoms with Crippen LogP contribution in [0.15, 0.2) is 36.4 Å². The zero-order valence-corrected chi connectivity index (χ0v) is 11.4. The van der Waals surface area contributed by atoms with Crippen molar-refractivity contribution in [2.45, 2.75) is 13.8 Å². The van der Waals surface area contributed by atoms with E-state index >= 15 is 0 Å². The molecule has 0 spiro atoms. The van der Waals surface area contributed by atoms with E-state index < -0.39 is 5.78 Å². The van der Waals surface area contributed by atoms with Crippen molar-refractivity contribution in [3.63, 3.8) is 0 Å². The van der Waals surface area contributed by atoms with E-state index in [1.807, 2.05) is 13.8 Å². The third kappa shape index (κ3) is 2.74. The van der Waals surface area contributed by atoms with Crippen molar-refractivity contribution in [2.75, 3.05) is 6.61 Å². The molecule has 104 valence electrons. The van der Waals surface area contributed by atoms with Crippen LogP contribution < -0.4 is 4.74 Å². The lowest BCUT2D eigenvalue weighted by atomic mass is 10.0. The number of phenols is 2. The quantitative estimate of drug-likeness (QED) is 0.839. The van der Waals surface area contributed by atoms with Gasteiger partial charge >= 0.3 is 0 Å². The Morgan fingerprint density at radius 2 is 1.65 bits per heavy atom. The molecule has 0 saturated carbocycles. The van der Waals surface area contributed by atoms with Gasteiger partial charge in [0.2, 0.25) is 0 Å². The zero-order valence-electron chi connectivity index (χ0n) is 11.4. The molecule has 0 aliphatic carbocycles. The fourth-order valence-corrected chi connectivity index (χ4v) is 1.94. The van der Waals surface area contributed by atoms with Crippen molar-refractivity contribution in [1.82, 2.24) is 0 Å². The molecule has 0 aromatic heterocycles. The predicted octanol–water partition coefficient (Wildman–Crippen LogP) is 3.04. The van der Waals surface area contributed by atoms with Gasteiger partial charge in [0.25, 0.3) is 0 Å². The molecule has 2 rings (SSSR count). The second-order valence-electron chi connectivity index (χ2n) is 4.46. The average Bonchev–Trinajstić information content (AvgIpc) is 2.38. The summed E-state index contributed by atoms with van der Waals surface area (Å²) in [5.74, 6) is -0.193. The molecule has 0 heterocycles. The lowest BCUT2D eigenvalue weighted by molar-refractivity contribution is 0.103. The number of benzene rings is 2. The Balaban J connectivity index is 2.38. The lowest BCUT2D eigenvalue weighted by Gasteiger charge is -2.09. The number of hydrogen-bond donors (Lipinski definition) is 2. The minimum absolute atomic E-state index is 0.0942. The van der Waals surface area contributed by atoms with Crippen LogP contribution in [0.4, 0.5) is 0 Å². The maximum Gasteiger partial charge on any atom is 0.200 e. The van der Waals surface area contributed by atoms with Gasteiger partial charge in [-0.05, 0) is 43.7 Å². The van der Waals surface area contributed by atoms with Crippen molar-refractivity contribution in [3.8, 4) is 17.2 Å². The van der Waals surface area contributed by atoms with E-state index in [0.29, 0.717) is 12.4 Å². The highest BCUT2D eigenvalue weighted by Crippen LogP contribution is 2.28. The molecule has 0 radical (unpaired) electrons. The maximum absolute atomic E-state index is 12.3. The van der Waals surface area contributed by atoms with E-state index in [4.69, 9.17) is 4.74 Å². The third-order valence-corrected chi connectivity index (χ3v) is 2.92. The SMILES string of the molecule is CCOc1ccc(C(=O)c2ccc(C)cc2O)c(O)c1. The second-order valence-corrected chi connectivity index (χ2v) is 4.46. The average molecular weight is 272 g/mol. The van der Waals surface area contributed by atoms with E-state index in [0.717, 1.165) is 5.56 Å². The summed E-state index contributed by atoms with van der Waals surface area (Å²) < 4.78 is 5.25. The van der Waals surface area contributed by atoms with Gasteiger partial charge in [0, 0.05) is 6.07 Å². The Bertz CT molecular complexity index is 647. The first-order valence-electron chi connectivity index (χ1n) is 6.33. The maximum atomic E-state index is 12.3. The molecule has 2 N–H and O–H groups in total. The molecular formula is C16H16O4. The van der Waals surface area contributed by atoms with E-state index in [-0.39, 0.29) is 22.6 Å². The van der Waals surface area contributed by atoms with Crippen LogP contribution in [0.2, 0.25) is 0 Å². The molecule has 0 amide bonds. The summed E-state index contributed by atoms with van der Waals surface area (Å²) in [5.41, 5.74) is 1.15. The van der Waals surface area contributed by atoms with Crippen LogP contribution in [0.25, 0.3) is 0 Å². The molecule has 0 aliphatic heterocycles. The Morgan fingerprint density at radius 3 is 2.20 bits per heavy atom. The van der Waals surface area contributed by atoms with Gasteiger partial charge < -0.3 is 14.9 Å². The predicted molar refractivity (Wildman–Crippen MR) is 75.6 cm³/mol. The number of carbonyl (C=O) groups excluding carboxylic acids is 1. The highest BCUT2D eigenvalue weighted by Gasteiger charge is 2.17. The van der Waals surface area contributed by atoms with E-state index in [2.05, 4.69) is 0 Å². The smallest absolute Gasteiger partial charge is 0.200 e. The van der Waals surface area contributed by atoms with Gasteiger partial charge in [-0.25, -0.2) is 0 Å². The van der Waals surface area contributed by atoms with Crippen LogP contribution >= 0.6 is 0 Å². The highest BCUT2D eigenvalue weighted by molar-refractivity contribution is 6.12. The number of aromatic hydroxyl groups is 2. The van der Waals surface area contributed by atoms with E-state index in [1.54, 1.807) is 18.2 Å². The van der Waals surface area contributed by atoms with E-state index in [1.165, 1.54) is 18.2 Å². The van der Waals surface area contributed by atoms with Crippen molar-refractivity contribution in [1.29, 1.82) is 0 Å². The fourth-order valence-electron chi connectivity index (χ4n) is 1.94. The Hall–Kier alpha value is -2.49. The van der Waals surface area contributed by atoms with Crippen LogP contribution in [-0.4, -0.2) is 22.6 Å². The summed E-state index contributed by atoms with van der Waals surface area (Å²) in [6, 6.07) is 9.28. The fraction of sp³-hybridized carbons (Fsp3) is 0.188. The van der Waals surface area contributed by atoms with Gasteiger partial charge in [-0.3, -0.25) is 4.79 Å². The summed E-state index contributed by atoms with van der Waals surface area (Å²) in [6.07, 6.45) is 0. The van der Waals surface area contributed by atoms with Crippen molar-refractivity contribution >= 4 is 5.78 Å². The molecule has 0 atom stereocenters. The molecule has 4 nitrogen and oxygen atoms in total. The number of rotatable bonds is 4. The molecular weight excluding hydrogens is 256 g/mol. The highest BCUT2D eigenvalue weighted by atomic mass is 16.5. The Kier molecular flexibility index (Phi) is 3.94. The number of ketones is 1. The summed E-state index contributed by atoms with van der Waals surface area (Å²) in [5, 5.41) is 19.7. The Labute approximate surface area is 117 Å². The summed E-state index contributed by atoms with van der Waals surface area (Å²) in [6.45, 7) is 4.13. The molecule has 0 saturated heterocycles. The first-order chi connectivity index (χ1) is 9.52. The molecule has 2 aromatic carbocycles. The number of ether oxygens (including phenoxy) is 1. The normalized spacial score (nSPS) is 10.3. The zero-order chi connectivity index (χ0) is 14.7. The van der Waals surface area contributed by atoms with Gasteiger partial charge in [0.1, 0.15) is 17.2 Å². The van der Waals surface area contributed by atoms with Crippen LogP contribution in [0, 0.1) is 6.92 Å². The van der Waals surface area contributed by atoms with Crippen LogP contribution in [0.1, 0.15) is 28.4 Å². The monoisotopic (exact) mass is 272 g/mol. The second kappa shape index (κ2) is 5.65. The standard InChI is InChI=1S/C16H16O4/c1-3-20-11-5-7-13(15(18)9-11)16(19)12-6-4-10(2)8-14(12)17/h4-9,17-18H,3H2,1-2H3. The van der Waals surface area contributed by atoms with Crippen LogP contribution in [-0.2, 0) is 0 Å². The minimum atomic E-state index is -0.428. The minimum Gasteiger partial charge on any atom is -0.507 e. The molecule has 4 heteroatoms. The van der Waals surface area contributed by atoms with Gasteiger partial charge in [-0.2, -0.15) is 0 Å². The third-order valence-electron chi connectivity index (χ3n) is 2.92. The van der Waals surface area contributed by atoms with Gasteiger partial charge in [0.05, 0.1) is 17.7 Å². The van der Waals surface area contributed by atoms with Crippen molar-refractivity contribution < 1.29 is 19.7 Å². The van der Waals surface area contributed by atoms with Gasteiger partial charge in [-0.15, -0.1) is 0 Å². The lowest BCUT2D eigenvalue weighted by Crippen LogP contribution is -2.03. The Morgan fingerprint density at radius 1 is 1.05 bits per heavy atom. The number of carbonyl (C=O) groups is 1. The topological polar surface area (TPSA) is 66.8 Å². The number of aryl methyl sites for hydroxylation is 1. The van der Waals surface area contributed by atoms with Gasteiger partial charge in [0.15, 0.2) is 5.78 Å². The van der Waals surface area contributed by atoms with Gasteiger partial charge in [-0.1, -0.05) is 6.07 Å². The molecule has 0 fully saturated rings. The summed E-state index contributed by atoms with van der Waals surface area (Å²) in [7, 11) is 0. The molecule has 0 bridgehead atoms. The molecule has 20 heavy (non-hydrogen) atoms. The molecule has 2 aromatic rings. The van der Waals surface area contributed by atoms with Crippen molar-refractivity contribution in [2.24, 2.45) is 0 Å². The first kappa shape index (κ1) is 13.9. The largest absolute Gasteiger partial charge is 0.507 e. The summed E-state index contributed by atoms with van der Waals surface area (Å²) in [4.78, 5) is 12.3. The summed E-state index contributed by atoms with van der Waals surface area (Å²) >= 11 is 0. The van der Waals surface area contributed by atoms with Crippen LogP contribution in [0.3, 0.4) is 0 Å². The first-order valence-corrected chi connectivity index (χ1v) is 6.33. The molecule has 0 unspecified atom stereocenters.